The van der Waals surface area contributed by atoms with Crippen molar-refractivity contribution >= 4 is 0 Å². The summed E-state index contributed by atoms with van der Waals surface area (Å²) in [5.74, 6) is 0.677. The Balaban J connectivity index is 2.03. The summed E-state index contributed by atoms with van der Waals surface area (Å²) in [6.07, 6.45) is 1.85. The molecule has 1 saturated heterocycles. The fraction of sp³-hybridized carbons (Fsp3) is 0.583. The maximum atomic E-state index is 5.50. The van der Waals surface area contributed by atoms with Crippen molar-refractivity contribution in [2.45, 2.75) is 25.9 Å². The van der Waals surface area contributed by atoms with Crippen LogP contribution in [0.5, 0.6) is 5.88 Å². The average molecular weight is 222 g/mol. The Labute approximate surface area is 96.0 Å². The van der Waals surface area contributed by atoms with Crippen LogP contribution in [-0.4, -0.2) is 30.8 Å². The molecule has 0 saturated carbocycles. The molecule has 4 nitrogen and oxygen atoms in total. The second-order valence-electron chi connectivity index (χ2n) is 4.02. The van der Waals surface area contributed by atoms with Crippen LogP contribution in [0.1, 0.15) is 25.5 Å². The number of rotatable bonds is 3. The highest BCUT2D eigenvalue weighted by Crippen LogP contribution is 2.18. The predicted octanol–water partition coefficient (Wildman–Crippen LogP) is 1.53. The van der Waals surface area contributed by atoms with Crippen LogP contribution in [-0.2, 0) is 4.74 Å². The molecule has 0 radical (unpaired) electrons. The third-order valence-corrected chi connectivity index (χ3v) is 2.59. The van der Waals surface area contributed by atoms with Crippen LogP contribution in [0.4, 0.5) is 0 Å². The second-order valence-corrected chi connectivity index (χ2v) is 4.02. The topological polar surface area (TPSA) is 43.4 Å². The van der Waals surface area contributed by atoms with Gasteiger partial charge in [0.05, 0.1) is 25.9 Å². The Kier molecular flexibility index (Phi) is 3.74. The third-order valence-electron chi connectivity index (χ3n) is 2.59. The number of morpholine rings is 1. The minimum absolute atomic E-state index is 0.243. The summed E-state index contributed by atoms with van der Waals surface area (Å²) in [4.78, 5) is 4.25. The molecular weight excluding hydrogens is 204 g/mol. The molecule has 1 aromatic heterocycles. The molecule has 0 aromatic carbocycles. The van der Waals surface area contributed by atoms with E-state index in [1.165, 1.54) is 0 Å². The van der Waals surface area contributed by atoms with Crippen molar-refractivity contribution in [3.05, 3.63) is 23.9 Å². The van der Waals surface area contributed by atoms with Crippen LogP contribution >= 0.6 is 0 Å². The van der Waals surface area contributed by atoms with Gasteiger partial charge in [0.25, 0.3) is 0 Å². The monoisotopic (exact) mass is 222 g/mol. The van der Waals surface area contributed by atoms with Gasteiger partial charge < -0.3 is 14.8 Å². The van der Waals surface area contributed by atoms with Gasteiger partial charge in [0.15, 0.2) is 0 Å². The Bertz CT molecular complexity index is 326. The highest BCUT2D eigenvalue weighted by atomic mass is 16.5. The fourth-order valence-electron chi connectivity index (χ4n) is 1.83. The Morgan fingerprint density at radius 1 is 1.50 bits per heavy atom. The molecule has 2 heterocycles. The van der Waals surface area contributed by atoms with Gasteiger partial charge in [-0.05, 0) is 19.4 Å². The van der Waals surface area contributed by atoms with Gasteiger partial charge in [-0.15, -0.1) is 0 Å². The number of hydrogen-bond donors (Lipinski definition) is 1. The van der Waals surface area contributed by atoms with Crippen molar-refractivity contribution in [1.82, 2.24) is 10.3 Å². The Morgan fingerprint density at radius 2 is 2.38 bits per heavy atom. The van der Waals surface area contributed by atoms with Gasteiger partial charge in [0, 0.05) is 18.3 Å². The van der Waals surface area contributed by atoms with Gasteiger partial charge in [0.2, 0.25) is 5.88 Å². The maximum absolute atomic E-state index is 5.50. The van der Waals surface area contributed by atoms with Gasteiger partial charge >= 0.3 is 0 Å². The molecule has 1 aromatic rings. The number of hydrogen-bond acceptors (Lipinski definition) is 4. The normalized spacial score (nSPS) is 25.4. The second kappa shape index (κ2) is 5.27. The molecule has 2 rings (SSSR count). The van der Waals surface area contributed by atoms with Crippen molar-refractivity contribution in [3.8, 4) is 5.88 Å². The Hall–Kier alpha value is -1.13. The standard InChI is InChI=1S/C12H18N2O2/c1-3-16-12-5-4-10(6-13-12)11-8-15-7-9(2)14-11/h4-6,9,11,14H,3,7-8H2,1-2H3. The maximum Gasteiger partial charge on any atom is 0.213 e. The van der Waals surface area contributed by atoms with Gasteiger partial charge in [-0.25, -0.2) is 4.98 Å². The van der Waals surface area contributed by atoms with Gasteiger partial charge in [-0.1, -0.05) is 6.07 Å². The minimum Gasteiger partial charge on any atom is -0.478 e. The zero-order valence-electron chi connectivity index (χ0n) is 9.77. The van der Waals surface area contributed by atoms with Crippen LogP contribution in [0.15, 0.2) is 18.3 Å². The summed E-state index contributed by atoms with van der Waals surface area (Å²) in [5.41, 5.74) is 1.15. The highest BCUT2D eigenvalue weighted by molar-refractivity contribution is 5.21. The molecule has 16 heavy (non-hydrogen) atoms. The summed E-state index contributed by atoms with van der Waals surface area (Å²) < 4.78 is 10.8. The van der Waals surface area contributed by atoms with E-state index < -0.39 is 0 Å². The number of ether oxygens (including phenoxy) is 2. The first-order valence-electron chi connectivity index (χ1n) is 5.72. The first-order chi connectivity index (χ1) is 7.79. The number of aromatic nitrogens is 1. The quantitative estimate of drug-likeness (QED) is 0.842. The van der Waals surface area contributed by atoms with Gasteiger partial charge in [-0.2, -0.15) is 0 Å². The van der Waals surface area contributed by atoms with Crippen molar-refractivity contribution in [2.24, 2.45) is 0 Å². The number of pyridine rings is 1. The molecule has 88 valence electrons. The van der Waals surface area contributed by atoms with E-state index in [1.807, 2.05) is 25.3 Å². The van der Waals surface area contributed by atoms with E-state index in [2.05, 4.69) is 17.2 Å². The summed E-state index contributed by atoms with van der Waals surface area (Å²) in [6.45, 7) is 6.21. The average Bonchev–Trinajstić information content (AvgIpc) is 2.30. The van der Waals surface area contributed by atoms with Crippen LogP contribution < -0.4 is 10.1 Å². The van der Waals surface area contributed by atoms with E-state index in [0.717, 1.165) is 12.2 Å². The fourth-order valence-corrected chi connectivity index (χ4v) is 1.83. The zero-order valence-corrected chi connectivity index (χ0v) is 9.77. The molecule has 0 spiro atoms. The van der Waals surface area contributed by atoms with E-state index in [4.69, 9.17) is 9.47 Å². The third kappa shape index (κ3) is 2.71. The number of nitrogens with zero attached hydrogens (tertiary/aromatic N) is 1. The van der Waals surface area contributed by atoms with E-state index >= 15 is 0 Å². The first-order valence-corrected chi connectivity index (χ1v) is 5.72. The lowest BCUT2D eigenvalue weighted by atomic mass is 10.1. The van der Waals surface area contributed by atoms with Gasteiger partial charge in [-0.3, -0.25) is 0 Å². The van der Waals surface area contributed by atoms with Crippen molar-refractivity contribution in [2.75, 3.05) is 19.8 Å². The molecule has 4 heteroatoms. The van der Waals surface area contributed by atoms with Crippen LogP contribution in [0.25, 0.3) is 0 Å². The van der Waals surface area contributed by atoms with Crippen molar-refractivity contribution in [1.29, 1.82) is 0 Å². The minimum atomic E-state index is 0.243. The first kappa shape index (κ1) is 11.4. The van der Waals surface area contributed by atoms with Crippen LogP contribution in [0.3, 0.4) is 0 Å². The molecule has 1 N–H and O–H groups in total. The molecule has 2 unspecified atom stereocenters. The highest BCUT2D eigenvalue weighted by Gasteiger charge is 2.19. The molecular formula is C12H18N2O2. The number of nitrogens with one attached hydrogen (secondary N) is 1. The predicted molar refractivity (Wildman–Crippen MR) is 61.6 cm³/mol. The SMILES string of the molecule is CCOc1ccc(C2COCC(C)N2)cn1. The smallest absolute Gasteiger partial charge is 0.213 e. The van der Waals surface area contributed by atoms with Crippen LogP contribution in [0, 0.1) is 0 Å². The van der Waals surface area contributed by atoms with E-state index in [-0.39, 0.29) is 6.04 Å². The summed E-state index contributed by atoms with van der Waals surface area (Å²) in [6, 6.07) is 4.58. The largest absolute Gasteiger partial charge is 0.478 e. The summed E-state index contributed by atoms with van der Waals surface area (Å²) >= 11 is 0. The molecule has 1 fully saturated rings. The molecule has 2 atom stereocenters. The molecule has 1 aliphatic heterocycles. The zero-order chi connectivity index (χ0) is 11.4. The Morgan fingerprint density at radius 3 is 3.00 bits per heavy atom. The molecule has 0 amide bonds. The van der Waals surface area contributed by atoms with Gasteiger partial charge in [0.1, 0.15) is 0 Å². The summed E-state index contributed by atoms with van der Waals surface area (Å²) in [7, 11) is 0. The van der Waals surface area contributed by atoms with E-state index in [9.17, 15) is 0 Å². The van der Waals surface area contributed by atoms with E-state index in [0.29, 0.717) is 25.1 Å². The van der Waals surface area contributed by atoms with Crippen molar-refractivity contribution in [3.63, 3.8) is 0 Å². The molecule has 0 bridgehead atoms. The van der Waals surface area contributed by atoms with Crippen molar-refractivity contribution < 1.29 is 9.47 Å². The van der Waals surface area contributed by atoms with E-state index in [1.54, 1.807) is 0 Å². The summed E-state index contributed by atoms with van der Waals surface area (Å²) in [5, 5.41) is 3.48. The molecule has 0 aliphatic carbocycles. The lowest BCUT2D eigenvalue weighted by Gasteiger charge is -2.29. The lowest BCUT2D eigenvalue weighted by Crippen LogP contribution is -2.41. The van der Waals surface area contributed by atoms with Crippen LogP contribution in [0.2, 0.25) is 0 Å². The lowest BCUT2D eigenvalue weighted by molar-refractivity contribution is 0.0502. The molecule has 1 aliphatic rings.